The largest absolute Gasteiger partial charge is 0.484 e. The molecule has 2 aromatic carbocycles. The van der Waals surface area contributed by atoms with Crippen molar-refractivity contribution < 1.29 is 9.53 Å². The van der Waals surface area contributed by atoms with Crippen LogP contribution in [0, 0.1) is 20.8 Å². The molecule has 0 radical (unpaired) electrons. The predicted octanol–water partition coefficient (Wildman–Crippen LogP) is 3.87. The molecule has 0 aromatic heterocycles. The molecule has 2 rings (SSSR count). The quantitative estimate of drug-likeness (QED) is 0.910. The fourth-order valence-electron chi connectivity index (χ4n) is 2.45. The van der Waals surface area contributed by atoms with Gasteiger partial charge in [-0.2, -0.15) is 0 Å². The topological polar surface area (TPSA) is 38.3 Å². The zero-order chi connectivity index (χ0) is 16.1. The summed E-state index contributed by atoms with van der Waals surface area (Å²) in [5.74, 6) is 0.633. The van der Waals surface area contributed by atoms with Gasteiger partial charge < -0.3 is 10.1 Å². The first-order valence-corrected chi connectivity index (χ1v) is 7.52. The number of nitrogens with one attached hydrogen (secondary N) is 1. The maximum atomic E-state index is 12.1. The van der Waals surface area contributed by atoms with Gasteiger partial charge in [0, 0.05) is 0 Å². The number of rotatable bonds is 5. The van der Waals surface area contributed by atoms with Crippen LogP contribution in [0.15, 0.2) is 42.5 Å². The van der Waals surface area contributed by atoms with Crippen LogP contribution >= 0.6 is 0 Å². The highest BCUT2D eigenvalue weighted by atomic mass is 16.5. The van der Waals surface area contributed by atoms with Crippen LogP contribution in [-0.4, -0.2) is 12.5 Å². The SMILES string of the molecule is Cc1ccc(C)c([C@H](C)NC(=O)COc2ccccc2C)c1. The van der Waals surface area contributed by atoms with E-state index in [4.69, 9.17) is 4.74 Å². The molecule has 0 unspecified atom stereocenters. The third kappa shape index (κ3) is 4.10. The summed E-state index contributed by atoms with van der Waals surface area (Å²) in [6, 6.07) is 13.9. The van der Waals surface area contributed by atoms with Gasteiger partial charge in [0.15, 0.2) is 6.61 Å². The molecule has 0 heterocycles. The summed E-state index contributed by atoms with van der Waals surface area (Å²) in [7, 11) is 0. The number of carbonyl (C=O) groups is 1. The maximum absolute atomic E-state index is 12.1. The molecule has 0 aliphatic heterocycles. The summed E-state index contributed by atoms with van der Waals surface area (Å²) in [6.45, 7) is 8.10. The minimum absolute atomic E-state index is 0.0278. The van der Waals surface area contributed by atoms with Crippen molar-refractivity contribution in [3.8, 4) is 5.75 Å². The Morgan fingerprint density at radius 1 is 1.09 bits per heavy atom. The van der Waals surface area contributed by atoms with Gasteiger partial charge in [0.1, 0.15) is 5.75 Å². The average molecular weight is 297 g/mol. The normalized spacial score (nSPS) is 11.8. The van der Waals surface area contributed by atoms with E-state index in [0.29, 0.717) is 0 Å². The van der Waals surface area contributed by atoms with Crippen molar-refractivity contribution in [3.05, 3.63) is 64.7 Å². The van der Waals surface area contributed by atoms with Crippen LogP contribution in [0.1, 0.15) is 35.2 Å². The molecular weight excluding hydrogens is 274 g/mol. The van der Waals surface area contributed by atoms with E-state index in [2.05, 4.69) is 37.4 Å². The lowest BCUT2D eigenvalue weighted by atomic mass is 10.00. The second-order valence-corrected chi connectivity index (χ2v) is 5.70. The molecule has 1 atom stereocenters. The Hall–Kier alpha value is -2.29. The van der Waals surface area contributed by atoms with Crippen LogP contribution in [0.25, 0.3) is 0 Å². The van der Waals surface area contributed by atoms with Crippen LogP contribution in [0.3, 0.4) is 0 Å². The molecule has 22 heavy (non-hydrogen) atoms. The number of hydrogen-bond acceptors (Lipinski definition) is 2. The first-order chi connectivity index (χ1) is 10.5. The summed E-state index contributed by atoms with van der Waals surface area (Å²) < 4.78 is 5.58. The molecule has 116 valence electrons. The number of ether oxygens (including phenoxy) is 1. The number of hydrogen-bond donors (Lipinski definition) is 1. The second kappa shape index (κ2) is 7.12. The molecule has 0 fully saturated rings. The summed E-state index contributed by atoms with van der Waals surface area (Å²) in [4.78, 5) is 12.1. The van der Waals surface area contributed by atoms with Gasteiger partial charge in [0.25, 0.3) is 5.91 Å². The molecule has 1 amide bonds. The monoisotopic (exact) mass is 297 g/mol. The molecule has 0 saturated heterocycles. The van der Waals surface area contributed by atoms with Crippen LogP contribution in [0.5, 0.6) is 5.75 Å². The number of amides is 1. The number of aryl methyl sites for hydroxylation is 3. The zero-order valence-corrected chi connectivity index (χ0v) is 13.6. The number of carbonyl (C=O) groups excluding carboxylic acids is 1. The smallest absolute Gasteiger partial charge is 0.258 e. The van der Waals surface area contributed by atoms with Crippen molar-refractivity contribution in [1.82, 2.24) is 5.32 Å². The molecule has 0 aliphatic rings. The Labute approximate surface area is 132 Å². The Balaban J connectivity index is 1.94. The van der Waals surface area contributed by atoms with Crippen LogP contribution < -0.4 is 10.1 Å². The van der Waals surface area contributed by atoms with Crippen LogP contribution in [0.2, 0.25) is 0 Å². The van der Waals surface area contributed by atoms with E-state index in [1.807, 2.05) is 38.1 Å². The van der Waals surface area contributed by atoms with Gasteiger partial charge in [-0.15, -0.1) is 0 Å². The number of benzene rings is 2. The van der Waals surface area contributed by atoms with E-state index in [1.165, 1.54) is 11.1 Å². The Kier molecular flexibility index (Phi) is 5.21. The molecule has 3 nitrogen and oxygen atoms in total. The van der Waals surface area contributed by atoms with Gasteiger partial charge in [0.05, 0.1) is 6.04 Å². The lowest BCUT2D eigenvalue weighted by Gasteiger charge is -2.18. The highest BCUT2D eigenvalue weighted by Gasteiger charge is 2.12. The van der Waals surface area contributed by atoms with Gasteiger partial charge >= 0.3 is 0 Å². The van der Waals surface area contributed by atoms with Gasteiger partial charge in [-0.25, -0.2) is 0 Å². The summed E-state index contributed by atoms with van der Waals surface area (Å²) in [6.07, 6.45) is 0. The number of para-hydroxylation sites is 1. The van der Waals surface area contributed by atoms with Crippen molar-refractivity contribution in [3.63, 3.8) is 0 Å². The predicted molar refractivity (Wildman–Crippen MR) is 89.1 cm³/mol. The summed E-state index contributed by atoms with van der Waals surface area (Å²) in [5, 5.41) is 2.99. The van der Waals surface area contributed by atoms with Crippen molar-refractivity contribution in [1.29, 1.82) is 0 Å². The second-order valence-electron chi connectivity index (χ2n) is 5.70. The highest BCUT2D eigenvalue weighted by molar-refractivity contribution is 5.78. The van der Waals surface area contributed by atoms with E-state index < -0.39 is 0 Å². The maximum Gasteiger partial charge on any atom is 0.258 e. The van der Waals surface area contributed by atoms with E-state index in [9.17, 15) is 4.79 Å². The van der Waals surface area contributed by atoms with Crippen molar-refractivity contribution in [2.45, 2.75) is 33.7 Å². The molecule has 0 aliphatic carbocycles. The summed E-state index contributed by atoms with van der Waals surface area (Å²) in [5.41, 5.74) is 4.54. The minimum Gasteiger partial charge on any atom is -0.484 e. The Morgan fingerprint density at radius 2 is 1.82 bits per heavy atom. The fraction of sp³-hybridized carbons (Fsp3) is 0.316. The first-order valence-electron chi connectivity index (χ1n) is 7.52. The van der Waals surface area contributed by atoms with Gasteiger partial charge in [-0.3, -0.25) is 4.79 Å². The molecular formula is C19H23NO2. The lowest BCUT2D eigenvalue weighted by Crippen LogP contribution is -2.31. The van der Waals surface area contributed by atoms with Crippen molar-refractivity contribution >= 4 is 5.91 Å². The van der Waals surface area contributed by atoms with Gasteiger partial charge in [-0.05, 0) is 50.5 Å². The summed E-state index contributed by atoms with van der Waals surface area (Å²) >= 11 is 0. The first kappa shape index (κ1) is 16.1. The van der Waals surface area contributed by atoms with E-state index in [-0.39, 0.29) is 18.6 Å². The third-order valence-corrected chi connectivity index (χ3v) is 3.73. The molecule has 0 spiro atoms. The average Bonchev–Trinajstić information content (AvgIpc) is 2.48. The van der Waals surface area contributed by atoms with Crippen molar-refractivity contribution in [2.24, 2.45) is 0 Å². The fourth-order valence-corrected chi connectivity index (χ4v) is 2.45. The zero-order valence-electron chi connectivity index (χ0n) is 13.6. The van der Waals surface area contributed by atoms with E-state index in [1.54, 1.807) is 0 Å². The molecule has 3 heteroatoms. The Morgan fingerprint density at radius 3 is 2.55 bits per heavy atom. The van der Waals surface area contributed by atoms with Crippen LogP contribution in [-0.2, 0) is 4.79 Å². The standard InChI is InChI=1S/C19H23NO2/c1-13-9-10-14(2)17(11-13)16(4)20-19(21)12-22-18-8-6-5-7-15(18)3/h5-11,16H,12H2,1-4H3,(H,20,21)/t16-/m0/s1. The molecule has 2 aromatic rings. The molecule has 0 bridgehead atoms. The molecule has 0 saturated carbocycles. The van der Waals surface area contributed by atoms with Gasteiger partial charge in [0.2, 0.25) is 0 Å². The van der Waals surface area contributed by atoms with E-state index >= 15 is 0 Å². The third-order valence-electron chi connectivity index (χ3n) is 3.73. The molecule has 1 N–H and O–H groups in total. The highest BCUT2D eigenvalue weighted by Crippen LogP contribution is 2.19. The van der Waals surface area contributed by atoms with Crippen LogP contribution in [0.4, 0.5) is 0 Å². The minimum atomic E-state index is -0.114. The van der Waals surface area contributed by atoms with E-state index in [0.717, 1.165) is 16.9 Å². The van der Waals surface area contributed by atoms with Crippen molar-refractivity contribution in [2.75, 3.05) is 6.61 Å². The lowest BCUT2D eigenvalue weighted by molar-refractivity contribution is -0.123. The Bertz CT molecular complexity index is 664. The van der Waals surface area contributed by atoms with Gasteiger partial charge in [-0.1, -0.05) is 42.0 Å².